The van der Waals surface area contributed by atoms with Crippen molar-refractivity contribution in [1.82, 2.24) is 20.0 Å². The van der Waals surface area contributed by atoms with E-state index in [1.807, 2.05) is 27.7 Å². The van der Waals surface area contributed by atoms with Crippen molar-refractivity contribution in [2.45, 2.75) is 27.7 Å². The molecule has 166 valence electrons. The Bertz CT molecular complexity index is 529. The molecule has 0 aromatic carbocycles. The number of thiocarbonyl (C=S) groups is 2. The van der Waals surface area contributed by atoms with E-state index in [2.05, 4.69) is 10.2 Å². The summed E-state index contributed by atoms with van der Waals surface area (Å²) in [5.41, 5.74) is 0. The number of rotatable bonds is 13. The third-order valence-corrected chi connectivity index (χ3v) is 10.9. The van der Waals surface area contributed by atoms with Gasteiger partial charge in [0.15, 0.2) is 24.8 Å². The molecule has 0 aromatic heterocycles. The molecule has 0 aliphatic heterocycles. The van der Waals surface area contributed by atoms with Gasteiger partial charge in [-0.3, -0.25) is 0 Å². The van der Waals surface area contributed by atoms with Crippen LogP contribution in [0.15, 0.2) is 0 Å². The van der Waals surface area contributed by atoms with Crippen LogP contribution >= 0.6 is 39.0 Å². The molecule has 0 saturated carbocycles. The highest BCUT2D eigenvalue weighted by atomic mass is 32.1. The van der Waals surface area contributed by atoms with Gasteiger partial charge in [0.25, 0.3) is 0 Å². The molecule has 0 radical (unpaired) electrons. The number of nitrogens with one attached hydrogen (secondary N) is 2. The SMILES string of the molecule is CCP(=O)(CC)NC(=S)N(CCO)CCN(CCO)C(=S)NP(=O)(CC)CC. The number of aliphatic hydroxyl groups excluding tert-OH is 2. The lowest BCUT2D eigenvalue weighted by atomic mass is 10.4. The molecule has 0 heterocycles. The first-order chi connectivity index (χ1) is 13.1. The normalized spacial score (nSPS) is 11.8. The quantitative estimate of drug-likeness (QED) is 0.234. The standard InChI is InChI=1S/C16H36N4O4P2S2/c1-5-25(23,6-2)17-15(27)19(11-13-21)9-10-20(12-14-22)16(28)18-26(24,7-3)8-4/h21-22H,5-14H2,1-4H3,(H,17,23,27)(H,18,24,28). The molecule has 0 amide bonds. The second kappa shape index (κ2) is 13.9. The minimum absolute atomic E-state index is 0.103. The van der Waals surface area contributed by atoms with Crippen LogP contribution in [0.1, 0.15) is 27.7 Å². The summed E-state index contributed by atoms with van der Waals surface area (Å²) in [6, 6.07) is 0. The summed E-state index contributed by atoms with van der Waals surface area (Å²) in [6.45, 7) is 8.58. The van der Waals surface area contributed by atoms with Gasteiger partial charge in [-0.05, 0) is 24.4 Å². The highest BCUT2D eigenvalue weighted by Gasteiger charge is 2.23. The lowest BCUT2D eigenvalue weighted by Crippen LogP contribution is -2.48. The van der Waals surface area contributed by atoms with E-state index in [0.717, 1.165) is 0 Å². The summed E-state index contributed by atoms with van der Waals surface area (Å²) in [5.74, 6) is 0. The summed E-state index contributed by atoms with van der Waals surface area (Å²) in [4.78, 5) is 3.47. The van der Waals surface area contributed by atoms with Crippen LogP contribution < -0.4 is 10.2 Å². The Morgan fingerprint density at radius 2 is 1.00 bits per heavy atom. The average Bonchev–Trinajstić information content (AvgIpc) is 2.69. The number of hydrogen-bond donors (Lipinski definition) is 4. The third kappa shape index (κ3) is 9.51. The topological polar surface area (TPSA) is 105 Å². The van der Waals surface area contributed by atoms with Gasteiger partial charge >= 0.3 is 0 Å². The summed E-state index contributed by atoms with van der Waals surface area (Å²) < 4.78 is 25.3. The molecule has 0 atom stereocenters. The fourth-order valence-electron chi connectivity index (χ4n) is 2.37. The Morgan fingerprint density at radius 1 is 0.714 bits per heavy atom. The predicted molar refractivity (Wildman–Crippen MR) is 126 cm³/mol. The zero-order valence-electron chi connectivity index (χ0n) is 17.4. The number of aliphatic hydroxyl groups is 2. The van der Waals surface area contributed by atoms with Crippen molar-refractivity contribution in [1.29, 1.82) is 0 Å². The zero-order chi connectivity index (χ0) is 21.8. The summed E-state index contributed by atoms with van der Waals surface area (Å²) >= 11 is 10.8. The molecule has 0 aromatic rings. The van der Waals surface area contributed by atoms with Gasteiger partial charge in [0.05, 0.1) is 13.2 Å². The Labute approximate surface area is 180 Å². The van der Waals surface area contributed by atoms with E-state index in [4.69, 9.17) is 24.4 Å². The van der Waals surface area contributed by atoms with Crippen LogP contribution in [-0.2, 0) is 9.13 Å². The van der Waals surface area contributed by atoms with Gasteiger partial charge in [0.1, 0.15) is 0 Å². The van der Waals surface area contributed by atoms with Gasteiger partial charge in [0.2, 0.25) is 0 Å². The maximum atomic E-state index is 12.6. The molecule has 0 spiro atoms. The highest BCUT2D eigenvalue weighted by Crippen LogP contribution is 2.40. The Morgan fingerprint density at radius 3 is 1.21 bits per heavy atom. The van der Waals surface area contributed by atoms with Crippen LogP contribution in [0.3, 0.4) is 0 Å². The fraction of sp³-hybridized carbons (Fsp3) is 0.875. The van der Waals surface area contributed by atoms with Crippen molar-refractivity contribution in [2.24, 2.45) is 0 Å². The van der Waals surface area contributed by atoms with E-state index in [9.17, 15) is 19.3 Å². The van der Waals surface area contributed by atoms with E-state index >= 15 is 0 Å². The fourth-order valence-corrected chi connectivity index (χ4v) is 6.24. The van der Waals surface area contributed by atoms with Gasteiger partial charge in [-0.25, -0.2) is 0 Å². The van der Waals surface area contributed by atoms with E-state index in [1.165, 1.54) is 0 Å². The molecule has 0 fully saturated rings. The molecule has 0 rings (SSSR count). The molecule has 0 unspecified atom stereocenters. The molecule has 0 aliphatic carbocycles. The van der Waals surface area contributed by atoms with E-state index < -0.39 is 14.6 Å². The summed E-state index contributed by atoms with van der Waals surface area (Å²) in [7, 11) is -5.15. The predicted octanol–water partition coefficient (Wildman–Crippen LogP) is 1.96. The largest absolute Gasteiger partial charge is 0.395 e. The van der Waals surface area contributed by atoms with E-state index in [1.54, 1.807) is 9.80 Å². The van der Waals surface area contributed by atoms with Crippen LogP contribution in [0.2, 0.25) is 0 Å². The first kappa shape index (κ1) is 27.8. The van der Waals surface area contributed by atoms with Crippen LogP contribution in [0.5, 0.6) is 0 Å². The monoisotopic (exact) mass is 474 g/mol. The van der Waals surface area contributed by atoms with E-state index in [0.29, 0.717) is 48.0 Å². The Kier molecular flexibility index (Phi) is 13.8. The Balaban J connectivity index is 5.11. The molecular formula is C16H36N4O4P2S2. The summed E-state index contributed by atoms with van der Waals surface area (Å²) in [5, 5.41) is 25.3. The second-order valence-corrected chi connectivity index (χ2v) is 13.6. The number of nitrogens with zero attached hydrogens (tertiary/aromatic N) is 2. The molecule has 28 heavy (non-hydrogen) atoms. The van der Waals surface area contributed by atoms with Gasteiger partial charge in [0, 0.05) is 50.8 Å². The van der Waals surface area contributed by atoms with Gasteiger partial charge in [-0.1, -0.05) is 27.7 Å². The van der Waals surface area contributed by atoms with Crippen molar-refractivity contribution in [3.63, 3.8) is 0 Å². The third-order valence-electron chi connectivity index (χ3n) is 4.60. The van der Waals surface area contributed by atoms with Crippen LogP contribution in [0, 0.1) is 0 Å². The minimum Gasteiger partial charge on any atom is -0.395 e. The first-order valence-corrected chi connectivity index (χ1v) is 14.6. The van der Waals surface area contributed by atoms with Crippen molar-refractivity contribution in [3.8, 4) is 0 Å². The van der Waals surface area contributed by atoms with E-state index in [-0.39, 0.29) is 26.3 Å². The van der Waals surface area contributed by atoms with Crippen molar-refractivity contribution < 1.29 is 19.3 Å². The van der Waals surface area contributed by atoms with Crippen molar-refractivity contribution in [3.05, 3.63) is 0 Å². The lowest BCUT2D eigenvalue weighted by molar-refractivity contribution is 0.222. The molecule has 0 aliphatic rings. The smallest absolute Gasteiger partial charge is 0.174 e. The Hall–Kier alpha value is -0.240. The first-order valence-electron chi connectivity index (χ1n) is 9.66. The maximum Gasteiger partial charge on any atom is 0.174 e. The van der Waals surface area contributed by atoms with Crippen LogP contribution in [0.25, 0.3) is 0 Å². The van der Waals surface area contributed by atoms with Gasteiger partial charge < -0.3 is 39.3 Å². The van der Waals surface area contributed by atoms with Gasteiger partial charge in [-0.15, -0.1) is 0 Å². The molecule has 12 heteroatoms. The molecule has 0 bridgehead atoms. The van der Waals surface area contributed by atoms with Crippen molar-refractivity contribution in [2.75, 3.05) is 64.0 Å². The average molecular weight is 475 g/mol. The van der Waals surface area contributed by atoms with Crippen molar-refractivity contribution >= 4 is 49.2 Å². The second-order valence-electron chi connectivity index (χ2n) is 6.30. The minimum atomic E-state index is -2.57. The maximum absolute atomic E-state index is 12.6. The van der Waals surface area contributed by atoms with Crippen LogP contribution in [0.4, 0.5) is 0 Å². The highest BCUT2D eigenvalue weighted by molar-refractivity contribution is 7.81. The molecule has 8 nitrogen and oxygen atoms in total. The lowest BCUT2D eigenvalue weighted by Gasteiger charge is -2.32. The molecule has 0 saturated heterocycles. The van der Waals surface area contributed by atoms with Gasteiger partial charge in [-0.2, -0.15) is 0 Å². The number of hydrogen-bond acceptors (Lipinski definition) is 6. The van der Waals surface area contributed by atoms with Crippen LogP contribution in [-0.4, -0.2) is 94.3 Å². The summed E-state index contributed by atoms with van der Waals surface area (Å²) in [6.07, 6.45) is 1.96. The zero-order valence-corrected chi connectivity index (χ0v) is 20.8. The molecule has 4 N–H and O–H groups in total. The molecular weight excluding hydrogens is 438 g/mol.